The number of carbonyl (C=O) groups is 1. The molecule has 0 unspecified atom stereocenters. The second kappa shape index (κ2) is 8.85. The van der Waals surface area contributed by atoms with Crippen LogP contribution in [0.15, 0.2) is 54.6 Å². The van der Waals surface area contributed by atoms with Gasteiger partial charge in [-0.25, -0.2) is 4.79 Å². The maximum atomic E-state index is 12.1. The van der Waals surface area contributed by atoms with Crippen LogP contribution in [-0.4, -0.2) is 25.8 Å². The van der Waals surface area contributed by atoms with Gasteiger partial charge in [0, 0.05) is 6.61 Å². The Hall–Kier alpha value is -2.33. The number of hydrogen-bond acceptors (Lipinski definition) is 4. The molecule has 0 aliphatic carbocycles. The van der Waals surface area contributed by atoms with E-state index in [-0.39, 0.29) is 6.61 Å². The SMILES string of the molecule is CCOCCOC(=O)c1ccccc1OCc1ccccc1. The van der Waals surface area contributed by atoms with Crippen LogP contribution in [0.1, 0.15) is 22.8 Å². The number of benzene rings is 2. The zero-order valence-corrected chi connectivity index (χ0v) is 12.7. The Balaban J connectivity index is 1.95. The predicted molar refractivity (Wildman–Crippen MR) is 84.0 cm³/mol. The topological polar surface area (TPSA) is 44.8 Å². The normalized spacial score (nSPS) is 10.2. The van der Waals surface area contributed by atoms with Gasteiger partial charge in [0.05, 0.1) is 6.61 Å². The quantitative estimate of drug-likeness (QED) is 0.553. The van der Waals surface area contributed by atoms with Crippen LogP contribution in [0.2, 0.25) is 0 Å². The van der Waals surface area contributed by atoms with Crippen LogP contribution in [0.4, 0.5) is 0 Å². The summed E-state index contributed by atoms with van der Waals surface area (Å²) in [5.74, 6) is 0.121. The Morgan fingerprint density at radius 3 is 2.45 bits per heavy atom. The van der Waals surface area contributed by atoms with Gasteiger partial charge >= 0.3 is 5.97 Å². The van der Waals surface area contributed by atoms with Crippen LogP contribution in [0.5, 0.6) is 5.75 Å². The summed E-state index contributed by atoms with van der Waals surface area (Å²) in [4.78, 5) is 12.1. The molecule has 2 aromatic rings. The first-order valence-corrected chi connectivity index (χ1v) is 7.32. The zero-order chi connectivity index (χ0) is 15.6. The van der Waals surface area contributed by atoms with E-state index in [1.54, 1.807) is 18.2 Å². The van der Waals surface area contributed by atoms with Crippen molar-refractivity contribution in [1.82, 2.24) is 0 Å². The smallest absolute Gasteiger partial charge is 0.342 e. The molecule has 22 heavy (non-hydrogen) atoms. The molecular weight excluding hydrogens is 280 g/mol. The molecule has 0 saturated heterocycles. The second-order valence-corrected chi connectivity index (χ2v) is 4.60. The van der Waals surface area contributed by atoms with E-state index in [0.29, 0.717) is 31.1 Å². The highest BCUT2D eigenvalue weighted by Gasteiger charge is 2.13. The Morgan fingerprint density at radius 1 is 0.955 bits per heavy atom. The highest BCUT2D eigenvalue weighted by Crippen LogP contribution is 2.20. The van der Waals surface area contributed by atoms with Gasteiger partial charge in [0.25, 0.3) is 0 Å². The van der Waals surface area contributed by atoms with Gasteiger partial charge in [-0.05, 0) is 24.6 Å². The second-order valence-electron chi connectivity index (χ2n) is 4.60. The van der Waals surface area contributed by atoms with E-state index in [1.807, 2.05) is 43.3 Å². The van der Waals surface area contributed by atoms with Crippen molar-refractivity contribution in [3.05, 3.63) is 65.7 Å². The summed E-state index contributed by atoms with van der Waals surface area (Å²) >= 11 is 0. The zero-order valence-electron chi connectivity index (χ0n) is 12.7. The number of para-hydroxylation sites is 1. The molecule has 4 heteroatoms. The molecule has 0 aromatic heterocycles. The lowest BCUT2D eigenvalue weighted by Gasteiger charge is -2.11. The molecule has 0 amide bonds. The predicted octanol–water partition coefficient (Wildman–Crippen LogP) is 3.46. The lowest BCUT2D eigenvalue weighted by molar-refractivity contribution is 0.0331. The molecule has 0 bridgehead atoms. The molecule has 2 rings (SSSR count). The largest absolute Gasteiger partial charge is 0.488 e. The molecule has 2 aromatic carbocycles. The van der Waals surface area contributed by atoms with Crippen LogP contribution >= 0.6 is 0 Å². The number of rotatable bonds is 8. The fourth-order valence-electron chi connectivity index (χ4n) is 1.91. The number of carbonyl (C=O) groups excluding carboxylic acids is 1. The summed E-state index contributed by atoms with van der Waals surface area (Å²) in [7, 11) is 0. The van der Waals surface area contributed by atoms with Crippen molar-refractivity contribution in [2.24, 2.45) is 0 Å². The number of esters is 1. The standard InChI is InChI=1S/C18H20O4/c1-2-20-12-13-21-18(19)16-10-6-7-11-17(16)22-14-15-8-4-3-5-9-15/h3-11H,2,12-14H2,1H3. The lowest BCUT2D eigenvalue weighted by atomic mass is 10.2. The monoisotopic (exact) mass is 300 g/mol. The fraction of sp³-hybridized carbons (Fsp3) is 0.278. The Kier molecular flexibility index (Phi) is 6.45. The molecule has 0 aliphatic rings. The lowest BCUT2D eigenvalue weighted by Crippen LogP contribution is -2.12. The molecule has 0 saturated carbocycles. The Morgan fingerprint density at radius 2 is 1.68 bits per heavy atom. The van der Waals surface area contributed by atoms with Crippen LogP contribution in [-0.2, 0) is 16.1 Å². The summed E-state index contributed by atoms with van der Waals surface area (Å²) in [5, 5.41) is 0. The first-order chi connectivity index (χ1) is 10.8. The molecular formula is C18H20O4. The van der Waals surface area contributed by atoms with Gasteiger partial charge in [0.15, 0.2) is 0 Å². The Labute approximate surface area is 130 Å². The first kappa shape index (κ1) is 16.0. The minimum absolute atomic E-state index is 0.236. The summed E-state index contributed by atoms with van der Waals surface area (Å²) in [6.07, 6.45) is 0. The van der Waals surface area contributed by atoms with E-state index >= 15 is 0 Å². The highest BCUT2D eigenvalue weighted by molar-refractivity contribution is 5.92. The molecule has 0 fully saturated rings. The van der Waals surface area contributed by atoms with E-state index in [4.69, 9.17) is 14.2 Å². The van der Waals surface area contributed by atoms with Crippen LogP contribution in [0, 0.1) is 0 Å². The maximum absolute atomic E-state index is 12.1. The van der Waals surface area contributed by atoms with Crippen molar-refractivity contribution in [1.29, 1.82) is 0 Å². The van der Waals surface area contributed by atoms with E-state index < -0.39 is 5.97 Å². The summed E-state index contributed by atoms with van der Waals surface area (Å²) in [6.45, 7) is 3.54. The molecule has 4 nitrogen and oxygen atoms in total. The molecule has 116 valence electrons. The Bertz CT molecular complexity index is 581. The average molecular weight is 300 g/mol. The molecule has 0 heterocycles. The van der Waals surface area contributed by atoms with Crippen LogP contribution in [0.3, 0.4) is 0 Å². The van der Waals surface area contributed by atoms with Gasteiger partial charge in [-0.15, -0.1) is 0 Å². The van der Waals surface area contributed by atoms with Crippen molar-refractivity contribution in [3.8, 4) is 5.75 Å². The van der Waals surface area contributed by atoms with Crippen molar-refractivity contribution in [3.63, 3.8) is 0 Å². The third-order valence-corrected chi connectivity index (χ3v) is 3.01. The highest BCUT2D eigenvalue weighted by atomic mass is 16.6. The van der Waals surface area contributed by atoms with E-state index in [2.05, 4.69) is 0 Å². The third-order valence-electron chi connectivity index (χ3n) is 3.01. The molecule has 0 aliphatic heterocycles. The van der Waals surface area contributed by atoms with Crippen LogP contribution < -0.4 is 4.74 Å². The summed E-state index contributed by atoms with van der Waals surface area (Å²) in [5.41, 5.74) is 1.47. The van der Waals surface area contributed by atoms with Crippen molar-refractivity contribution in [2.45, 2.75) is 13.5 Å². The molecule has 0 radical (unpaired) electrons. The van der Waals surface area contributed by atoms with Gasteiger partial charge in [-0.1, -0.05) is 42.5 Å². The minimum atomic E-state index is -0.400. The summed E-state index contributed by atoms with van der Waals surface area (Å²) in [6, 6.07) is 16.9. The van der Waals surface area contributed by atoms with Crippen molar-refractivity contribution in [2.75, 3.05) is 19.8 Å². The van der Waals surface area contributed by atoms with Gasteiger partial charge < -0.3 is 14.2 Å². The maximum Gasteiger partial charge on any atom is 0.342 e. The van der Waals surface area contributed by atoms with Gasteiger partial charge in [0.1, 0.15) is 24.5 Å². The number of ether oxygens (including phenoxy) is 3. The minimum Gasteiger partial charge on any atom is -0.488 e. The van der Waals surface area contributed by atoms with E-state index in [9.17, 15) is 4.79 Å². The fourth-order valence-corrected chi connectivity index (χ4v) is 1.91. The molecule has 0 atom stereocenters. The average Bonchev–Trinajstić information content (AvgIpc) is 2.58. The van der Waals surface area contributed by atoms with Crippen molar-refractivity contribution < 1.29 is 19.0 Å². The first-order valence-electron chi connectivity index (χ1n) is 7.32. The molecule has 0 N–H and O–H groups in total. The van der Waals surface area contributed by atoms with Gasteiger partial charge in [-0.3, -0.25) is 0 Å². The van der Waals surface area contributed by atoms with Gasteiger partial charge in [0.2, 0.25) is 0 Å². The summed E-state index contributed by atoms with van der Waals surface area (Å²) < 4.78 is 16.1. The van der Waals surface area contributed by atoms with E-state index in [0.717, 1.165) is 5.56 Å². The van der Waals surface area contributed by atoms with Crippen molar-refractivity contribution >= 4 is 5.97 Å². The van der Waals surface area contributed by atoms with Crippen LogP contribution in [0.25, 0.3) is 0 Å². The van der Waals surface area contributed by atoms with Gasteiger partial charge in [-0.2, -0.15) is 0 Å². The molecule has 0 spiro atoms. The van der Waals surface area contributed by atoms with E-state index in [1.165, 1.54) is 0 Å². The number of hydrogen-bond donors (Lipinski definition) is 0. The third kappa shape index (κ3) is 4.90.